The van der Waals surface area contributed by atoms with Crippen LogP contribution in [0.25, 0.3) is 11.1 Å². The highest BCUT2D eigenvalue weighted by atomic mass is 16.5. The van der Waals surface area contributed by atoms with Crippen molar-refractivity contribution in [2.24, 2.45) is 5.73 Å². The first kappa shape index (κ1) is 12.5. The number of hydrogen-bond acceptors (Lipinski definition) is 3. The number of phenolic OH excluding ortho intramolecular Hbond substituents is 1. The van der Waals surface area contributed by atoms with Crippen LogP contribution in [0.3, 0.4) is 0 Å². The van der Waals surface area contributed by atoms with Gasteiger partial charge in [0.15, 0.2) is 0 Å². The molecular weight excluding hydrogens is 226 g/mol. The molecule has 18 heavy (non-hydrogen) atoms. The second-order valence-corrected chi connectivity index (χ2v) is 4.30. The highest BCUT2D eigenvalue weighted by molar-refractivity contribution is 5.67. The summed E-state index contributed by atoms with van der Waals surface area (Å²) in [6.45, 7) is 1.92. The molecule has 0 saturated carbocycles. The van der Waals surface area contributed by atoms with E-state index in [9.17, 15) is 5.11 Å². The fourth-order valence-electron chi connectivity index (χ4n) is 1.96. The molecule has 0 fully saturated rings. The van der Waals surface area contributed by atoms with Crippen LogP contribution >= 0.6 is 0 Å². The zero-order valence-electron chi connectivity index (χ0n) is 10.6. The van der Waals surface area contributed by atoms with Gasteiger partial charge in [0, 0.05) is 11.6 Å². The number of ether oxygens (including phenoxy) is 1. The maximum absolute atomic E-state index is 9.50. The van der Waals surface area contributed by atoms with Gasteiger partial charge in [-0.3, -0.25) is 0 Å². The van der Waals surface area contributed by atoms with Crippen LogP contribution in [-0.4, -0.2) is 12.2 Å². The molecule has 0 radical (unpaired) electrons. The minimum Gasteiger partial charge on any atom is -0.508 e. The summed E-state index contributed by atoms with van der Waals surface area (Å²) >= 11 is 0. The Bertz CT molecular complexity index is 550. The first-order valence-electron chi connectivity index (χ1n) is 5.84. The maximum atomic E-state index is 9.50. The first-order valence-corrected chi connectivity index (χ1v) is 5.84. The van der Waals surface area contributed by atoms with E-state index < -0.39 is 0 Å². The van der Waals surface area contributed by atoms with Gasteiger partial charge in [-0.2, -0.15) is 0 Å². The number of benzene rings is 2. The van der Waals surface area contributed by atoms with E-state index in [4.69, 9.17) is 10.5 Å². The SMILES string of the molecule is COc1ccc(-c2cccc(O)c2)cc1C(C)N. The molecule has 0 aliphatic heterocycles. The third-order valence-electron chi connectivity index (χ3n) is 2.90. The molecule has 0 aliphatic rings. The monoisotopic (exact) mass is 243 g/mol. The third kappa shape index (κ3) is 2.46. The van der Waals surface area contributed by atoms with Gasteiger partial charge in [-0.25, -0.2) is 0 Å². The number of nitrogens with two attached hydrogens (primary N) is 1. The fraction of sp³-hybridized carbons (Fsp3) is 0.200. The van der Waals surface area contributed by atoms with Gasteiger partial charge in [0.25, 0.3) is 0 Å². The Labute approximate surface area is 107 Å². The van der Waals surface area contributed by atoms with Gasteiger partial charge in [0.2, 0.25) is 0 Å². The van der Waals surface area contributed by atoms with Crippen LogP contribution in [0.15, 0.2) is 42.5 Å². The summed E-state index contributed by atoms with van der Waals surface area (Å²) < 4.78 is 5.29. The smallest absolute Gasteiger partial charge is 0.123 e. The fourth-order valence-corrected chi connectivity index (χ4v) is 1.96. The van der Waals surface area contributed by atoms with E-state index in [1.165, 1.54) is 0 Å². The number of phenols is 1. The molecule has 3 nitrogen and oxygen atoms in total. The summed E-state index contributed by atoms with van der Waals surface area (Å²) in [5, 5.41) is 9.50. The van der Waals surface area contributed by atoms with Crippen molar-refractivity contribution >= 4 is 0 Å². The molecule has 0 aromatic heterocycles. The molecule has 94 valence electrons. The lowest BCUT2D eigenvalue weighted by Crippen LogP contribution is -2.07. The van der Waals surface area contributed by atoms with E-state index in [-0.39, 0.29) is 11.8 Å². The van der Waals surface area contributed by atoms with Crippen LogP contribution in [0, 0.1) is 0 Å². The molecule has 0 bridgehead atoms. The quantitative estimate of drug-likeness (QED) is 0.871. The van der Waals surface area contributed by atoms with Gasteiger partial charge >= 0.3 is 0 Å². The Morgan fingerprint density at radius 3 is 2.44 bits per heavy atom. The van der Waals surface area contributed by atoms with Crippen molar-refractivity contribution in [3.63, 3.8) is 0 Å². The largest absolute Gasteiger partial charge is 0.508 e. The molecule has 0 aliphatic carbocycles. The maximum Gasteiger partial charge on any atom is 0.123 e. The van der Waals surface area contributed by atoms with Gasteiger partial charge in [-0.05, 0) is 42.3 Å². The van der Waals surface area contributed by atoms with Gasteiger partial charge in [0.05, 0.1) is 7.11 Å². The van der Waals surface area contributed by atoms with Crippen molar-refractivity contribution in [1.29, 1.82) is 0 Å². The Morgan fingerprint density at radius 2 is 1.83 bits per heavy atom. The van der Waals surface area contributed by atoms with Crippen molar-refractivity contribution in [3.05, 3.63) is 48.0 Å². The van der Waals surface area contributed by atoms with Crippen LogP contribution in [0.5, 0.6) is 11.5 Å². The molecule has 2 aromatic carbocycles. The average molecular weight is 243 g/mol. The van der Waals surface area contributed by atoms with Crippen LogP contribution in [0.1, 0.15) is 18.5 Å². The second-order valence-electron chi connectivity index (χ2n) is 4.30. The van der Waals surface area contributed by atoms with Crippen molar-refractivity contribution in [3.8, 4) is 22.6 Å². The Hall–Kier alpha value is -2.00. The average Bonchev–Trinajstić information content (AvgIpc) is 2.38. The molecule has 2 rings (SSSR count). The number of hydrogen-bond donors (Lipinski definition) is 2. The van der Waals surface area contributed by atoms with Crippen LogP contribution in [-0.2, 0) is 0 Å². The van der Waals surface area contributed by atoms with Crippen molar-refractivity contribution in [2.75, 3.05) is 7.11 Å². The van der Waals surface area contributed by atoms with Crippen LogP contribution in [0.4, 0.5) is 0 Å². The van der Waals surface area contributed by atoms with Crippen LogP contribution in [0.2, 0.25) is 0 Å². The second kappa shape index (κ2) is 5.10. The Kier molecular flexibility index (Phi) is 3.53. The highest BCUT2D eigenvalue weighted by Gasteiger charge is 2.09. The van der Waals surface area contributed by atoms with Crippen LogP contribution < -0.4 is 10.5 Å². The van der Waals surface area contributed by atoms with E-state index in [2.05, 4.69) is 0 Å². The lowest BCUT2D eigenvalue weighted by atomic mass is 9.99. The summed E-state index contributed by atoms with van der Waals surface area (Å²) in [7, 11) is 1.63. The molecule has 0 spiro atoms. The van der Waals surface area contributed by atoms with E-state index in [1.807, 2.05) is 37.3 Å². The highest BCUT2D eigenvalue weighted by Crippen LogP contribution is 2.30. The molecular formula is C15H17NO2. The first-order chi connectivity index (χ1) is 8.61. The molecule has 0 amide bonds. The summed E-state index contributed by atoms with van der Waals surface area (Å²) in [6, 6.07) is 12.9. The molecule has 3 heteroatoms. The standard InChI is InChI=1S/C15H17NO2/c1-10(16)14-9-12(6-7-15(14)18-2)11-4-3-5-13(17)8-11/h3-10,17H,16H2,1-2H3. The molecule has 1 unspecified atom stereocenters. The normalized spacial score (nSPS) is 12.2. The van der Waals surface area contributed by atoms with Crippen molar-refractivity contribution in [2.45, 2.75) is 13.0 Å². The molecule has 0 heterocycles. The van der Waals surface area contributed by atoms with Gasteiger partial charge in [-0.15, -0.1) is 0 Å². The van der Waals surface area contributed by atoms with Gasteiger partial charge in [0.1, 0.15) is 11.5 Å². The van der Waals surface area contributed by atoms with E-state index in [1.54, 1.807) is 19.2 Å². The zero-order valence-corrected chi connectivity index (χ0v) is 10.6. The lowest BCUT2D eigenvalue weighted by Gasteiger charge is -2.13. The summed E-state index contributed by atoms with van der Waals surface area (Å²) in [5.41, 5.74) is 8.87. The Balaban J connectivity index is 2.50. The van der Waals surface area contributed by atoms with Gasteiger partial charge < -0.3 is 15.6 Å². The summed E-state index contributed by atoms with van der Waals surface area (Å²) in [6.07, 6.45) is 0. The topological polar surface area (TPSA) is 55.5 Å². The predicted octanol–water partition coefficient (Wildman–Crippen LogP) is 3.09. The number of methoxy groups -OCH3 is 1. The van der Waals surface area contributed by atoms with Crippen molar-refractivity contribution in [1.82, 2.24) is 0 Å². The molecule has 0 saturated heterocycles. The minimum atomic E-state index is -0.0998. The van der Waals surface area contributed by atoms with Crippen molar-refractivity contribution < 1.29 is 9.84 Å². The summed E-state index contributed by atoms with van der Waals surface area (Å²) in [5.74, 6) is 1.04. The zero-order chi connectivity index (χ0) is 13.1. The third-order valence-corrected chi connectivity index (χ3v) is 2.90. The van der Waals surface area contributed by atoms with E-state index in [0.29, 0.717) is 0 Å². The van der Waals surface area contributed by atoms with E-state index in [0.717, 1.165) is 22.4 Å². The minimum absolute atomic E-state index is 0.0998. The lowest BCUT2D eigenvalue weighted by molar-refractivity contribution is 0.407. The molecule has 3 N–H and O–H groups in total. The summed E-state index contributed by atoms with van der Waals surface area (Å²) in [4.78, 5) is 0. The van der Waals surface area contributed by atoms with Gasteiger partial charge in [-0.1, -0.05) is 18.2 Å². The molecule has 2 aromatic rings. The Morgan fingerprint density at radius 1 is 1.11 bits per heavy atom. The molecule has 1 atom stereocenters. The van der Waals surface area contributed by atoms with E-state index >= 15 is 0 Å². The number of rotatable bonds is 3. The predicted molar refractivity (Wildman–Crippen MR) is 72.7 cm³/mol. The number of aromatic hydroxyl groups is 1.